The summed E-state index contributed by atoms with van der Waals surface area (Å²) < 4.78 is 8.83. The number of likely N-dealkylation sites (tertiary alicyclic amines) is 1. The summed E-state index contributed by atoms with van der Waals surface area (Å²) >= 11 is 0. The predicted molar refractivity (Wildman–Crippen MR) is 122 cm³/mol. The quantitative estimate of drug-likeness (QED) is 0.531. The fourth-order valence-electron chi connectivity index (χ4n) is 4.75. The third-order valence-corrected chi connectivity index (χ3v) is 6.73. The van der Waals surface area contributed by atoms with E-state index in [4.69, 9.17) is 9.72 Å². The SMILES string of the molecule is Cc1cc2ncccc2cc1Nc1ncc2c(n1)n([C@H]1CCN(C3COC3)C1)c(=O)n2C. The molecule has 0 bridgehead atoms. The van der Waals surface area contributed by atoms with Crippen LogP contribution < -0.4 is 11.0 Å². The minimum atomic E-state index is -0.0453. The summed E-state index contributed by atoms with van der Waals surface area (Å²) in [5.74, 6) is 0.477. The van der Waals surface area contributed by atoms with E-state index in [-0.39, 0.29) is 11.7 Å². The number of aromatic nitrogens is 5. The average Bonchev–Trinajstić information content (AvgIpc) is 3.30. The summed E-state index contributed by atoms with van der Waals surface area (Å²) in [6, 6.07) is 8.63. The van der Waals surface area contributed by atoms with Crippen molar-refractivity contribution in [1.82, 2.24) is 29.0 Å². The molecule has 4 aromatic rings. The second-order valence-corrected chi connectivity index (χ2v) is 8.73. The minimum absolute atomic E-state index is 0.0453. The highest BCUT2D eigenvalue weighted by molar-refractivity contribution is 5.85. The maximum Gasteiger partial charge on any atom is 0.330 e. The van der Waals surface area contributed by atoms with E-state index < -0.39 is 0 Å². The molecule has 0 radical (unpaired) electrons. The Balaban J connectivity index is 1.36. The van der Waals surface area contributed by atoms with Crippen LogP contribution in [0.4, 0.5) is 11.6 Å². The molecule has 0 unspecified atom stereocenters. The Kier molecular flexibility index (Phi) is 4.48. The van der Waals surface area contributed by atoms with Crippen LogP contribution in [0.3, 0.4) is 0 Å². The number of pyridine rings is 1. The molecule has 2 fully saturated rings. The van der Waals surface area contributed by atoms with Gasteiger partial charge in [0.05, 0.1) is 37.0 Å². The van der Waals surface area contributed by atoms with Gasteiger partial charge in [0.15, 0.2) is 5.65 Å². The molecule has 2 aliphatic rings. The normalized spacial score (nSPS) is 19.6. The van der Waals surface area contributed by atoms with E-state index in [9.17, 15) is 4.79 Å². The van der Waals surface area contributed by atoms with Crippen molar-refractivity contribution >= 4 is 33.7 Å². The first kappa shape index (κ1) is 19.4. The summed E-state index contributed by atoms with van der Waals surface area (Å²) in [6.45, 7) is 5.42. The van der Waals surface area contributed by atoms with Gasteiger partial charge < -0.3 is 10.1 Å². The van der Waals surface area contributed by atoms with Crippen molar-refractivity contribution in [3.05, 3.63) is 52.7 Å². The van der Waals surface area contributed by atoms with Gasteiger partial charge >= 0.3 is 5.69 Å². The third-order valence-electron chi connectivity index (χ3n) is 6.73. The number of hydrogen-bond acceptors (Lipinski definition) is 7. The van der Waals surface area contributed by atoms with Gasteiger partial charge in [0.1, 0.15) is 5.52 Å². The van der Waals surface area contributed by atoms with E-state index in [1.54, 1.807) is 24.0 Å². The van der Waals surface area contributed by atoms with Gasteiger partial charge in [-0.2, -0.15) is 4.98 Å². The van der Waals surface area contributed by atoms with Crippen molar-refractivity contribution in [3.63, 3.8) is 0 Å². The maximum absolute atomic E-state index is 13.1. The largest absolute Gasteiger partial charge is 0.378 e. The third kappa shape index (κ3) is 3.08. The summed E-state index contributed by atoms with van der Waals surface area (Å²) in [7, 11) is 1.78. The summed E-state index contributed by atoms with van der Waals surface area (Å²) in [4.78, 5) is 29.2. The number of hydrogen-bond donors (Lipinski definition) is 1. The van der Waals surface area contributed by atoms with Crippen LogP contribution in [0.1, 0.15) is 18.0 Å². The van der Waals surface area contributed by atoms with E-state index in [0.29, 0.717) is 17.6 Å². The first-order valence-electron chi connectivity index (χ1n) is 11.0. The molecule has 1 N–H and O–H groups in total. The van der Waals surface area contributed by atoms with Crippen LogP contribution in [0.25, 0.3) is 22.1 Å². The van der Waals surface area contributed by atoms with Gasteiger partial charge in [-0.1, -0.05) is 6.07 Å². The molecule has 2 saturated heterocycles. The van der Waals surface area contributed by atoms with Crippen LogP contribution in [-0.2, 0) is 11.8 Å². The average molecular weight is 432 g/mol. The number of benzene rings is 1. The van der Waals surface area contributed by atoms with Gasteiger partial charge in [-0.05, 0) is 37.1 Å². The smallest absolute Gasteiger partial charge is 0.330 e. The van der Waals surface area contributed by atoms with E-state index in [1.807, 2.05) is 29.7 Å². The van der Waals surface area contributed by atoms with Crippen molar-refractivity contribution in [2.24, 2.45) is 7.05 Å². The maximum atomic E-state index is 13.1. The highest BCUT2D eigenvalue weighted by Gasteiger charge is 2.34. The molecular weight excluding hydrogens is 406 g/mol. The van der Waals surface area contributed by atoms with Gasteiger partial charge in [0.25, 0.3) is 0 Å². The Labute approximate surface area is 184 Å². The van der Waals surface area contributed by atoms with Crippen molar-refractivity contribution in [3.8, 4) is 0 Å². The van der Waals surface area contributed by atoms with E-state index in [1.165, 1.54) is 0 Å². The van der Waals surface area contributed by atoms with Gasteiger partial charge in [0.2, 0.25) is 5.95 Å². The highest BCUT2D eigenvalue weighted by Crippen LogP contribution is 2.28. The van der Waals surface area contributed by atoms with Crippen LogP contribution in [0.15, 0.2) is 41.5 Å². The van der Waals surface area contributed by atoms with Crippen LogP contribution in [0.2, 0.25) is 0 Å². The topological polar surface area (TPSA) is 90.1 Å². The fourth-order valence-corrected chi connectivity index (χ4v) is 4.75. The van der Waals surface area contributed by atoms with Crippen LogP contribution in [0, 0.1) is 6.92 Å². The molecule has 6 rings (SSSR count). The summed E-state index contributed by atoms with van der Waals surface area (Å²) in [5, 5.41) is 4.39. The number of nitrogens with one attached hydrogen (secondary N) is 1. The first-order valence-corrected chi connectivity index (χ1v) is 11.0. The number of imidazole rings is 1. The molecule has 164 valence electrons. The number of rotatable bonds is 4. The molecule has 1 atom stereocenters. The van der Waals surface area contributed by atoms with Crippen molar-refractivity contribution in [2.45, 2.75) is 25.4 Å². The molecular formula is C23H25N7O2. The van der Waals surface area contributed by atoms with Crippen molar-refractivity contribution in [1.29, 1.82) is 0 Å². The van der Waals surface area contributed by atoms with E-state index in [2.05, 4.69) is 26.3 Å². The zero-order valence-electron chi connectivity index (χ0n) is 18.2. The molecule has 0 amide bonds. The Morgan fingerprint density at radius 3 is 2.88 bits per heavy atom. The molecule has 0 saturated carbocycles. The lowest BCUT2D eigenvalue weighted by atomic mass is 10.1. The van der Waals surface area contributed by atoms with Crippen molar-refractivity contribution < 1.29 is 4.74 Å². The molecule has 2 aliphatic heterocycles. The number of ether oxygens (including phenoxy) is 1. The van der Waals surface area contributed by atoms with Gasteiger partial charge in [-0.25, -0.2) is 9.78 Å². The lowest BCUT2D eigenvalue weighted by Gasteiger charge is -2.34. The molecule has 9 nitrogen and oxygen atoms in total. The van der Waals surface area contributed by atoms with Crippen molar-refractivity contribution in [2.75, 3.05) is 31.6 Å². The number of aryl methyl sites for hydroxylation is 2. The molecule has 0 spiro atoms. The zero-order chi connectivity index (χ0) is 21.8. The van der Waals surface area contributed by atoms with Gasteiger partial charge in [0, 0.05) is 37.4 Å². The standard InChI is InChI=1S/C23H25N7O2/c1-14-8-19-15(4-3-6-24-19)9-18(14)26-22-25-10-20-21(27-22)30(23(31)28(20)2)16-5-7-29(11-16)17-12-32-13-17/h3-4,6,8-10,16-17H,5,7,11-13H2,1-2H3,(H,25,26,27)/t16-/m0/s1. The molecule has 5 heterocycles. The van der Waals surface area contributed by atoms with Crippen LogP contribution in [0.5, 0.6) is 0 Å². The Morgan fingerprint density at radius 2 is 2.06 bits per heavy atom. The lowest BCUT2D eigenvalue weighted by molar-refractivity contribution is -0.0578. The van der Waals surface area contributed by atoms with E-state index >= 15 is 0 Å². The Morgan fingerprint density at radius 1 is 1.19 bits per heavy atom. The first-order chi connectivity index (χ1) is 15.6. The van der Waals surface area contributed by atoms with Crippen LogP contribution in [-0.4, -0.2) is 61.3 Å². The second-order valence-electron chi connectivity index (χ2n) is 8.73. The monoisotopic (exact) mass is 431 g/mol. The summed E-state index contributed by atoms with van der Waals surface area (Å²) in [5.41, 5.74) is 4.30. The lowest BCUT2D eigenvalue weighted by Crippen LogP contribution is -2.48. The fraction of sp³-hybridized carbons (Fsp3) is 0.391. The molecule has 3 aromatic heterocycles. The highest BCUT2D eigenvalue weighted by atomic mass is 16.5. The minimum Gasteiger partial charge on any atom is -0.378 e. The van der Waals surface area contributed by atoms with E-state index in [0.717, 1.165) is 60.4 Å². The summed E-state index contributed by atoms with van der Waals surface area (Å²) in [6.07, 6.45) is 4.45. The number of anilines is 2. The number of nitrogens with zero attached hydrogens (tertiary/aromatic N) is 6. The molecule has 9 heteroatoms. The molecule has 0 aliphatic carbocycles. The van der Waals surface area contributed by atoms with Gasteiger partial charge in [-0.3, -0.25) is 19.0 Å². The van der Waals surface area contributed by atoms with Crippen LogP contribution >= 0.6 is 0 Å². The number of fused-ring (bicyclic) bond motifs is 2. The Hall–Kier alpha value is -3.30. The molecule has 1 aromatic carbocycles. The Bertz CT molecular complexity index is 1390. The zero-order valence-corrected chi connectivity index (χ0v) is 18.2. The second kappa shape index (κ2) is 7.39. The van der Waals surface area contributed by atoms with Gasteiger partial charge in [-0.15, -0.1) is 0 Å². The predicted octanol–water partition coefficient (Wildman–Crippen LogP) is 2.38. The molecule has 32 heavy (non-hydrogen) atoms.